The van der Waals surface area contributed by atoms with Gasteiger partial charge in [0.05, 0.1) is 6.10 Å². The van der Waals surface area contributed by atoms with Crippen molar-refractivity contribution in [2.45, 2.75) is 51.7 Å². The molecule has 1 aromatic rings. The monoisotopic (exact) mass is 235 g/mol. The van der Waals surface area contributed by atoms with Gasteiger partial charge in [0.15, 0.2) is 0 Å². The van der Waals surface area contributed by atoms with E-state index in [0.29, 0.717) is 6.04 Å². The summed E-state index contributed by atoms with van der Waals surface area (Å²) in [6.07, 6.45) is 4.07. The zero-order chi connectivity index (χ0) is 12.5. The van der Waals surface area contributed by atoms with Gasteiger partial charge in [-0.2, -0.15) is 0 Å². The second kappa shape index (κ2) is 8.26. The van der Waals surface area contributed by atoms with Crippen molar-refractivity contribution in [2.24, 2.45) is 0 Å². The molecule has 17 heavy (non-hydrogen) atoms. The maximum absolute atomic E-state index is 9.21. The van der Waals surface area contributed by atoms with Crippen LogP contribution in [0.1, 0.15) is 51.1 Å². The molecule has 0 bridgehead atoms. The molecule has 0 aliphatic heterocycles. The molecule has 0 spiro atoms. The van der Waals surface area contributed by atoms with Crippen LogP contribution in [0.3, 0.4) is 0 Å². The average molecular weight is 235 g/mol. The summed E-state index contributed by atoms with van der Waals surface area (Å²) in [6, 6.07) is 11.1. The number of benzene rings is 1. The minimum absolute atomic E-state index is 0.182. The van der Waals surface area contributed by atoms with Crippen LogP contribution in [0, 0.1) is 0 Å². The van der Waals surface area contributed by atoms with Gasteiger partial charge in [0.1, 0.15) is 0 Å². The molecule has 2 N–H and O–H groups in total. The number of nitrogens with one attached hydrogen (secondary N) is 1. The van der Waals surface area contributed by atoms with Crippen LogP contribution in [0.15, 0.2) is 30.3 Å². The van der Waals surface area contributed by atoms with Crippen molar-refractivity contribution < 1.29 is 5.11 Å². The van der Waals surface area contributed by atoms with Gasteiger partial charge in [0.25, 0.3) is 0 Å². The molecule has 0 saturated heterocycles. The summed E-state index contributed by atoms with van der Waals surface area (Å²) in [4.78, 5) is 0. The van der Waals surface area contributed by atoms with E-state index >= 15 is 0 Å². The number of aliphatic hydroxyl groups is 1. The van der Waals surface area contributed by atoms with E-state index < -0.39 is 0 Å². The van der Waals surface area contributed by atoms with Crippen LogP contribution in [-0.4, -0.2) is 17.8 Å². The van der Waals surface area contributed by atoms with E-state index in [1.54, 1.807) is 0 Å². The zero-order valence-electron chi connectivity index (χ0n) is 11.0. The molecule has 2 heteroatoms. The lowest BCUT2D eigenvalue weighted by molar-refractivity contribution is 0.180. The Morgan fingerprint density at radius 3 is 2.47 bits per heavy atom. The fraction of sp³-hybridized carbons (Fsp3) is 0.600. The number of rotatable bonds is 8. The van der Waals surface area contributed by atoms with E-state index in [1.165, 1.54) is 18.4 Å². The molecule has 1 rings (SSSR count). The van der Waals surface area contributed by atoms with Crippen LogP contribution in [-0.2, 0) is 0 Å². The molecule has 0 fully saturated rings. The third-order valence-electron chi connectivity index (χ3n) is 2.97. The Morgan fingerprint density at radius 2 is 1.88 bits per heavy atom. The summed E-state index contributed by atoms with van der Waals surface area (Å²) in [5.41, 5.74) is 1.37. The van der Waals surface area contributed by atoms with E-state index in [-0.39, 0.29) is 6.10 Å². The maximum Gasteiger partial charge on any atom is 0.0512 e. The number of hydrogen-bond acceptors (Lipinski definition) is 2. The number of hydrogen-bond donors (Lipinski definition) is 2. The van der Waals surface area contributed by atoms with E-state index in [9.17, 15) is 5.11 Å². The first kappa shape index (κ1) is 14.2. The highest BCUT2D eigenvalue weighted by atomic mass is 16.3. The van der Waals surface area contributed by atoms with Gasteiger partial charge in [-0.15, -0.1) is 0 Å². The van der Waals surface area contributed by atoms with Crippen LogP contribution >= 0.6 is 0 Å². The Bertz CT molecular complexity index is 284. The van der Waals surface area contributed by atoms with Crippen LogP contribution < -0.4 is 5.32 Å². The summed E-state index contributed by atoms with van der Waals surface area (Å²) in [6.45, 7) is 5.04. The minimum atomic E-state index is -0.182. The van der Waals surface area contributed by atoms with E-state index in [4.69, 9.17) is 0 Å². The summed E-state index contributed by atoms with van der Waals surface area (Å²) in [5.74, 6) is 0. The predicted octanol–water partition coefficient (Wildman–Crippen LogP) is 3.28. The Morgan fingerprint density at radius 1 is 1.18 bits per heavy atom. The van der Waals surface area contributed by atoms with Gasteiger partial charge in [0, 0.05) is 6.04 Å². The van der Waals surface area contributed by atoms with Gasteiger partial charge in [0.2, 0.25) is 0 Å². The molecule has 0 heterocycles. The maximum atomic E-state index is 9.21. The lowest BCUT2D eigenvalue weighted by atomic mass is 10.0. The molecule has 2 unspecified atom stereocenters. The first-order valence-electron chi connectivity index (χ1n) is 6.70. The Hall–Kier alpha value is -0.860. The molecule has 0 radical (unpaired) electrons. The average Bonchev–Trinajstić information content (AvgIpc) is 2.34. The molecule has 0 aromatic heterocycles. The zero-order valence-corrected chi connectivity index (χ0v) is 11.0. The molecule has 2 nitrogen and oxygen atoms in total. The molecule has 2 atom stereocenters. The molecule has 1 aromatic carbocycles. The second-order valence-electron chi connectivity index (χ2n) is 4.70. The smallest absolute Gasteiger partial charge is 0.0512 e. The Balaban J connectivity index is 2.39. The van der Waals surface area contributed by atoms with Gasteiger partial charge in [-0.05, 0) is 38.3 Å². The second-order valence-corrected chi connectivity index (χ2v) is 4.70. The highest BCUT2D eigenvalue weighted by Crippen LogP contribution is 2.17. The van der Waals surface area contributed by atoms with Gasteiger partial charge < -0.3 is 10.4 Å². The van der Waals surface area contributed by atoms with Crippen molar-refractivity contribution in [3.05, 3.63) is 35.9 Å². The normalized spacial score (nSPS) is 14.5. The Kier molecular flexibility index (Phi) is 6.90. The summed E-state index contributed by atoms with van der Waals surface area (Å²) >= 11 is 0. The van der Waals surface area contributed by atoms with Crippen molar-refractivity contribution in [3.8, 4) is 0 Å². The first-order valence-corrected chi connectivity index (χ1v) is 6.70. The molecule has 0 saturated carbocycles. The van der Waals surface area contributed by atoms with E-state index in [1.807, 2.05) is 6.92 Å². The molecular weight excluding hydrogens is 210 g/mol. The summed E-state index contributed by atoms with van der Waals surface area (Å²) < 4.78 is 0. The van der Waals surface area contributed by atoms with Crippen molar-refractivity contribution >= 4 is 0 Å². The highest BCUT2D eigenvalue weighted by Gasteiger charge is 2.08. The van der Waals surface area contributed by atoms with Crippen molar-refractivity contribution in [1.82, 2.24) is 5.32 Å². The molecule has 0 aliphatic rings. The van der Waals surface area contributed by atoms with Crippen molar-refractivity contribution in [1.29, 1.82) is 0 Å². The first-order chi connectivity index (χ1) is 8.24. The van der Waals surface area contributed by atoms with E-state index in [0.717, 1.165) is 19.4 Å². The van der Waals surface area contributed by atoms with Gasteiger partial charge >= 0.3 is 0 Å². The van der Waals surface area contributed by atoms with E-state index in [2.05, 4.69) is 42.6 Å². The highest BCUT2D eigenvalue weighted by molar-refractivity contribution is 5.18. The van der Waals surface area contributed by atoms with Gasteiger partial charge in [-0.25, -0.2) is 0 Å². The quantitative estimate of drug-likeness (QED) is 0.678. The third-order valence-corrected chi connectivity index (χ3v) is 2.97. The van der Waals surface area contributed by atoms with Crippen LogP contribution in [0.25, 0.3) is 0 Å². The van der Waals surface area contributed by atoms with Gasteiger partial charge in [-0.1, -0.05) is 43.7 Å². The molecule has 96 valence electrons. The lowest BCUT2D eigenvalue weighted by Crippen LogP contribution is -2.23. The summed E-state index contributed by atoms with van der Waals surface area (Å²) in [7, 11) is 0. The molecule has 0 amide bonds. The standard InChI is InChI=1S/C15H25NO/c1-3-8-15(14-10-5-4-6-11-14)16-12-7-9-13(2)17/h4-6,10-11,13,15-17H,3,7-9,12H2,1-2H3. The SMILES string of the molecule is CCCC(NCCCC(C)O)c1ccccc1. The third kappa shape index (κ3) is 5.85. The summed E-state index contributed by atoms with van der Waals surface area (Å²) in [5, 5.41) is 12.8. The topological polar surface area (TPSA) is 32.3 Å². The fourth-order valence-electron chi connectivity index (χ4n) is 2.03. The van der Waals surface area contributed by atoms with Crippen LogP contribution in [0.2, 0.25) is 0 Å². The van der Waals surface area contributed by atoms with Crippen molar-refractivity contribution in [2.75, 3.05) is 6.54 Å². The van der Waals surface area contributed by atoms with Gasteiger partial charge in [-0.3, -0.25) is 0 Å². The fourth-order valence-corrected chi connectivity index (χ4v) is 2.03. The predicted molar refractivity (Wildman–Crippen MR) is 73.0 cm³/mol. The lowest BCUT2D eigenvalue weighted by Gasteiger charge is -2.18. The van der Waals surface area contributed by atoms with Crippen LogP contribution in [0.5, 0.6) is 0 Å². The Labute approximate surface area is 105 Å². The molecular formula is C15H25NO. The van der Waals surface area contributed by atoms with Crippen LogP contribution in [0.4, 0.5) is 0 Å². The molecule has 0 aliphatic carbocycles. The minimum Gasteiger partial charge on any atom is -0.393 e. The van der Waals surface area contributed by atoms with Crippen molar-refractivity contribution in [3.63, 3.8) is 0 Å². The number of aliphatic hydroxyl groups excluding tert-OH is 1. The largest absolute Gasteiger partial charge is 0.393 e.